The molecule has 7 nitrogen and oxygen atoms in total. The Hall–Kier alpha value is -2.83. The Morgan fingerprint density at radius 3 is 2.80 bits per heavy atom. The number of urea groups is 1. The van der Waals surface area contributed by atoms with Crippen LogP contribution in [0.3, 0.4) is 0 Å². The molecule has 2 aromatic rings. The second-order valence-corrected chi connectivity index (χ2v) is 8.70. The molecule has 0 unspecified atom stereocenters. The summed E-state index contributed by atoms with van der Waals surface area (Å²) in [5, 5.41) is 6.79. The maximum absolute atomic E-state index is 13.0. The number of nitrogens with one attached hydrogen (secondary N) is 2. The van der Waals surface area contributed by atoms with Crippen LogP contribution >= 0.6 is 0 Å². The third-order valence-corrected chi connectivity index (χ3v) is 6.64. The van der Waals surface area contributed by atoms with Gasteiger partial charge in [-0.25, -0.2) is 4.79 Å². The van der Waals surface area contributed by atoms with Crippen LogP contribution in [0.2, 0.25) is 0 Å². The van der Waals surface area contributed by atoms with Crippen molar-refractivity contribution >= 4 is 34.4 Å². The lowest BCUT2D eigenvalue weighted by molar-refractivity contribution is -0.136. The number of carbonyl (C=O) groups excluding carboxylic acids is 3. The van der Waals surface area contributed by atoms with E-state index in [9.17, 15) is 14.4 Å². The summed E-state index contributed by atoms with van der Waals surface area (Å²) < 4.78 is 2.26. The highest BCUT2D eigenvalue weighted by Gasteiger charge is 2.55. The fourth-order valence-corrected chi connectivity index (χ4v) is 4.99. The van der Waals surface area contributed by atoms with Gasteiger partial charge < -0.3 is 15.2 Å². The predicted molar refractivity (Wildman–Crippen MR) is 116 cm³/mol. The molecule has 2 atom stereocenters. The van der Waals surface area contributed by atoms with Crippen LogP contribution in [-0.2, 0) is 16.1 Å². The molecule has 1 aromatic heterocycles. The third kappa shape index (κ3) is 3.36. The van der Waals surface area contributed by atoms with Crippen molar-refractivity contribution in [3.8, 4) is 0 Å². The first-order valence-corrected chi connectivity index (χ1v) is 10.9. The molecule has 2 fully saturated rings. The van der Waals surface area contributed by atoms with Crippen molar-refractivity contribution in [3.63, 3.8) is 0 Å². The van der Waals surface area contributed by atoms with Crippen molar-refractivity contribution in [2.75, 3.05) is 11.9 Å². The standard InChI is InChI=1S/C23H30N4O3/c1-4-11-26-16(3)12-17-13-18(8-9-19(17)26)24-20(28)14-27-21(29)23(25-22(27)30)10-6-5-7-15(23)2/h8-9,12-13,15H,4-7,10-11,14H2,1-3H3,(H,24,28)(H,25,30)/t15-,23+/m1/s1. The zero-order valence-corrected chi connectivity index (χ0v) is 18.0. The van der Waals surface area contributed by atoms with Crippen molar-refractivity contribution in [3.05, 3.63) is 30.0 Å². The molecular formula is C23H30N4O3. The number of hydrogen-bond donors (Lipinski definition) is 2. The van der Waals surface area contributed by atoms with Crippen LogP contribution in [0.25, 0.3) is 10.9 Å². The summed E-state index contributed by atoms with van der Waals surface area (Å²) in [5.74, 6) is -0.561. The molecule has 1 saturated carbocycles. The van der Waals surface area contributed by atoms with Gasteiger partial charge in [0.25, 0.3) is 5.91 Å². The van der Waals surface area contributed by atoms with E-state index in [1.807, 2.05) is 25.1 Å². The quantitative estimate of drug-likeness (QED) is 0.736. The summed E-state index contributed by atoms with van der Waals surface area (Å²) >= 11 is 0. The minimum Gasteiger partial charge on any atom is -0.345 e. The van der Waals surface area contributed by atoms with Crippen LogP contribution in [0.15, 0.2) is 24.3 Å². The number of imide groups is 1. The zero-order valence-electron chi connectivity index (χ0n) is 18.0. The molecule has 1 aliphatic heterocycles. The lowest BCUT2D eigenvalue weighted by Crippen LogP contribution is -2.54. The first-order valence-electron chi connectivity index (χ1n) is 10.9. The van der Waals surface area contributed by atoms with Crippen LogP contribution in [0, 0.1) is 12.8 Å². The van der Waals surface area contributed by atoms with Gasteiger partial charge in [0.05, 0.1) is 0 Å². The van der Waals surface area contributed by atoms with E-state index in [-0.39, 0.29) is 24.3 Å². The molecule has 0 bridgehead atoms. The van der Waals surface area contributed by atoms with Gasteiger partial charge in [0.1, 0.15) is 12.1 Å². The Labute approximate surface area is 176 Å². The summed E-state index contributed by atoms with van der Waals surface area (Å²) in [6.45, 7) is 6.91. The maximum Gasteiger partial charge on any atom is 0.325 e. The molecule has 4 rings (SSSR count). The number of benzene rings is 1. The highest BCUT2D eigenvalue weighted by Crippen LogP contribution is 2.38. The number of carbonyl (C=O) groups is 3. The molecule has 1 saturated heterocycles. The van der Waals surface area contributed by atoms with Gasteiger partial charge in [-0.2, -0.15) is 0 Å². The zero-order chi connectivity index (χ0) is 21.5. The number of aryl methyl sites for hydroxylation is 2. The van der Waals surface area contributed by atoms with Gasteiger partial charge in [-0.05, 0) is 56.4 Å². The van der Waals surface area contributed by atoms with Gasteiger partial charge in [-0.15, -0.1) is 0 Å². The molecule has 1 aliphatic carbocycles. The van der Waals surface area contributed by atoms with E-state index in [1.54, 1.807) is 0 Å². The largest absolute Gasteiger partial charge is 0.345 e. The van der Waals surface area contributed by atoms with Crippen molar-refractivity contribution < 1.29 is 14.4 Å². The molecule has 7 heteroatoms. The number of anilines is 1. The average Bonchev–Trinajstić information content (AvgIpc) is 3.13. The second kappa shape index (κ2) is 7.78. The van der Waals surface area contributed by atoms with Crippen LogP contribution in [-0.4, -0.2) is 39.4 Å². The second-order valence-electron chi connectivity index (χ2n) is 8.70. The maximum atomic E-state index is 13.0. The van der Waals surface area contributed by atoms with Gasteiger partial charge in [0.2, 0.25) is 5.91 Å². The number of nitrogens with zero attached hydrogens (tertiary/aromatic N) is 2. The van der Waals surface area contributed by atoms with E-state index in [1.165, 1.54) is 5.69 Å². The molecule has 2 aliphatic rings. The summed E-state index contributed by atoms with van der Waals surface area (Å²) in [4.78, 5) is 39.2. The molecular weight excluding hydrogens is 380 g/mol. The van der Waals surface area contributed by atoms with Crippen LogP contribution in [0.1, 0.15) is 51.6 Å². The van der Waals surface area contributed by atoms with Gasteiger partial charge in [-0.1, -0.05) is 26.7 Å². The molecule has 4 amide bonds. The van der Waals surface area contributed by atoms with E-state index in [0.717, 1.165) is 48.0 Å². The van der Waals surface area contributed by atoms with Crippen molar-refractivity contribution in [2.24, 2.45) is 5.92 Å². The Morgan fingerprint density at radius 2 is 2.07 bits per heavy atom. The molecule has 30 heavy (non-hydrogen) atoms. The molecule has 2 heterocycles. The topological polar surface area (TPSA) is 83.4 Å². The highest BCUT2D eigenvalue weighted by molar-refractivity contribution is 6.10. The number of hydrogen-bond acceptors (Lipinski definition) is 3. The van der Waals surface area contributed by atoms with Crippen LogP contribution in [0.5, 0.6) is 0 Å². The molecule has 2 N–H and O–H groups in total. The summed E-state index contributed by atoms with van der Waals surface area (Å²) in [6.07, 6.45) is 4.57. The minimum atomic E-state index is -0.839. The number of amides is 4. The van der Waals surface area contributed by atoms with Gasteiger partial charge in [0.15, 0.2) is 0 Å². The van der Waals surface area contributed by atoms with Gasteiger partial charge in [-0.3, -0.25) is 14.5 Å². The summed E-state index contributed by atoms with van der Waals surface area (Å²) in [5.41, 5.74) is 2.14. The van der Waals surface area contributed by atoms with Gasteiger partial charge in [0, 0.05) is 28.8 Å². The Bertz CT molecular complexity index is 1010. The van der Waals surface area contributed by atoms with E-state index < -0.39 is 11.6 Å². The Balaban J connectivity index is 1.47. The van der Waals surface area contributed by atoms with E-state index in [2.05, 4.69) is 35.1 Å². The third-order valence-electron chi connectivity index (χ3n) is 6.64. The Kier molecular flexibility index (Phi) is 5.30. The fraction of sp³-hybridized carbons (Fsp3) is 0.522. The number of aromatic nitrogens is 1. The lowest BCUT2D eigenvalue weighted by Gasteiger charge is -2.36. The fourth-order valence-electron chi connectivity index (χ4n) is 4.99. The van der Waals surface area contributed by atoms with Crippen molar-refractivity contribution in [1.82, 2.24) is 14.8 Å². The normalized spacial score (nSPS) is 24.0. The summed E-state index contributed by atoms with van der Waals surface area (Å²) in [6, 6.07) is 7.43. The van der Waals surface area contributed by atoms with Crippen molar-refractivity contribution in [1.29, 1.82) is 0 Å². The minimum absolute atomic E-state index is 0.0774. The first-order chi connectivity index (χ1) is 14.4. The highest BCUT2D eigenvalue weighted by atomic mass is 16.2. The molecule has 160 valence electrons. The molecule has 0 radical (unpaired) electrons. The van der Waals surface area contributed by atoms with E-state index in [0.29, 0.717) is 12.1 Å². The van der Waals surface area contributed by atoms with Gasteiger partial charge >= 0.3 is 6.03 Å². The number of fused-ring (bicyclic) bond motifs is 1. The lowest BCUT2D eigenvalue weighted by atomic mass is 9.73. The van der Waals surface area contributed by atoms with Crippen LogP contribution < -0.4 is 10.6 Å². The number of rotatable bonds is 5. The average molecular weight is 411 g/mol. The van der Waals surface area contributed by atoms with E-state index >= 15 is 0 Å². The SMILES string of the molecule is CCCn1c(C)cc2cc(NC(=O)CN3C(=O)N[C@]4(CCCC[C@H]4C)C3=O)ccc21. The molecule has 1 aromatic carbocycles. The predicted octanol–water partition coefficient (Wildman–Crippen LogP) is 3.80. The smallest absolute Gasteiger partial charge is 0.325 e. The van der Waals surface area contributed by atoms with E-state index in [4.69, 9.17) is 0 Å². The summed E-state index contributed by atoms with van der Waals surface area (Å²) in [7, 11) is 0. The Morgan fingerprint density at radius 1 is 1.27 bits per heavy atom. The molecule has 1 spiro atoms. The first kappa shape index (κ1) is 20.4. The monoisotopic (exact) mass is 410 g/mol. The van der Waals surface area contributed by atoms with Crippen LogP contribution in [0.4, 0.5) is 10.5 Å². The van der Waals surface area contributed by atoms with Crippen molar-refractivity contribution in [2.45, 2.75) is 65.0 Å².